The van der Waals surface area contributed by atoms with Crippen LogP contribution >= 0.6 is 11.3 Å². The summed E-state index contributed by atoms with van der Waals surface area (Å²) >= 11 is 1.53. The SMILES string of the molecule is CN(C(=O)Cc1csc(C(C)(C)C)n1)C(C)(C)C(=O)O. The first-order valence-corrected chi connectivity index (χ1v) is 7.29. The molecular weight excluding hydrogens is 276 g/mol. The molecule has 112 valence electrons. The molecule has 1 N–H and O–H groups in total. The highest BCUT2D eigenvalue weighted by molar-refractivity contribution is 7.09. The topological polar surface area (TPSA) is 70.5 Å². The zero-order chi connectivity index (χ0) is 15.7. The Balaban J connectivity index is 2.82. The summed E-state index contributed by atoms with van der Waals surface area (Å²) in [6, 6.07) is 0. The van der Waals surface area contributed by atoms with E-state index in [1.165, 1.54) is 37.1 Å². The van der Waals surface area contributed by atoms with Crippen molar-refractivity contribution in [3.63, 3.8) is 0 Å². The quantitative estimate of drug-likeness (QED) is 0.926. The van der Waals surface area contributed by atoms with Gasteiger partial charge in [0.1, 0.15) is 5.54 Å². The first-order chi connectivity index (χ1) is 8.96. The van der Waals surface area contributed by atoms with Gasteiger partial charge in [-0.25, -0.2) is 9.78 Å². The van der Waals surface area contributed by atoms with Gasteiger partial charge in [0, 0.05) is 17.8 Å². The van der Waals surface area contributed by atoms with E-state index >= 15 is 0 Å². The Morgan fingerprint density at radius 3 is 2.25 bits per heavy atom. The first kappa shape index (κ1) is 16.6. The minimum atomic E-state index is -1.22. The molecule has 0 aromatic carbocycles. The molecule has 1 heterocycles. The number of carbonyl (C=O) groups is 2. The van der Waals surface area contributed by atoms with Gasteiger partial charge in [-0.3, -0.25) is 4.79 Å². The summed E-state index contributed by atoms with van der Waals surface area (Å²) in [4.78, 5) is 29.0. The van der Waals surface area contributed by atoms with E-state index in [1.807, 2.05) is 5.38 Å². The monoisotopic (exact) mass is 298 g/mol. The number of hydrogen-bond donors (Lipinski definition) is 1. The predicted molar refractivity (Wildman–Crippen MR) is 79.0 cm³/mol. The molecule has 0 bridgehead atoms. The standard InChI is InChI=1S/C14H22N2O3S/c1-13(2,3)11-15-9(8-20-11)7-10(17)16(6)14(4,5)12(18)19/h8H,7H2,1-6H3,(H,18,19). The smallest absolute Gasteiger partial charge is 0.329 e. The van der Waals surface area contributed by atoms with E-state index < -0.39 is 11.5 Å². The van der Waals surface area contributed by atoms with Gasteiger partial charge in [-0.1, -0.05) is 20.8 Å². The Bertz CT molecular complexity index is 515. The molecule has 5 nitrogen and oxygen atoms in total. The van der Waals surface area contributed by atoms with Crippen LogP contribution in [0.25, 0.3) is 0 Å². The molecule has 1 amide bonds. The van der Waals surface area contributed by atoms with Crippen molar-refractivity contribution < 1.29 is 14.7 Å². The maximum Gasteiger partial charge on any atom is 0.329 e. The molecule has 0 unspecified atom stereocenters. The lowest BCUT2D eigenvalue weighted by Gasteiger charge is -2.31. The molecule has 20 heavy (non-hydrogen) atoms. The summed E-state index contributed by atoms with van der Waals surface area (Å²) in [6.45, 7) is 9.22. The van der Waals surface area contributed by atoms with Crippen LogP contribution in [0.4, 0.5) is 0 Å². The molecular formula is C14H22N2O3S. The molecule has 0 aliphatic heterocycles. The van der Waals surface area contributed by atoms with Crippen molar-refractivity contribution in [2.75, 3.05) is 7.05 Å². The fourth-order valence-corrected chi connectivity index (χ4v) is 2.37. The van der Waals surface area contributed by atoms with Crippen molar-refractivity contribution in [1.29, 1.82) is 0 Å². The van der Waals surface area contributed by atoms with Crippen molar-refractivity contribution in [2.24, 2.45) is 0 Å². The number of carboxylic acid groups (broad SMARTS) is 1. The molecule has 1 rings (SSSR count). The summed E-state index contributed by atoms with van der Waals surface area (Å²) < 4.78 is 0. The van der Waals surface area contributed by atoms with E-state index in [9.17, 15) is 9.59 Å². The Labute approximate surface area is 123 Å². The second-order valence-corrected chi connectivity index (χ2v) is 7.25. The molecule has 0 saturated heterocycles. The highest BCUT2D eigenvalue weighted by atomic mass is 32.1. The third-order valence-corrected chi connectivity index (χ3v) is 4.58. The number of carbonyl (C=O) groups excluding carboxylic acids is 1. The minimum absolute atomic E-state index is 0.0435. The van der Waals surface area contributed by atoms with Crippen LogP contribution < -0.4 is 0 Å². The van der Waals surface area contributed by atoms with Crippen molar-refractivity contribution in [2.45, 2.75) is 52.0 Å². The van der Waals surface area contributed by atoms with Crippen molar-refractivity contribution in [3.05, 3.63) is 16.1 Å². The van der Waals surface area contributed by atoms with Crippen molar-refractivity contribution >= 4 is 23.2 Å². The normalized spacial score (nSPS) is 12.3. The molecule has 0 fully saturated rings. The lowest BCUT2D eigenvalue weighted by Crippen LogP contribution is -2.51. The maximum atomic E-state index is 12.1. The zero-order valence-electron chi connectivity index (χ0n) is 12.9. The highest BCUT2D eigenvalue weighted by Crippen LogP contribution is 2.26. The average Bonchev–Trinajstić information content (AvgIpc) is 2.75. The number of rotatable bonds is 4. The third kappa shape index (κ3) is 3.56. The van der Waals surface area contributed by atoms with Gasteiger partial charge < -0.3 is 10.0 Å². The number of aromatic nitrogens is 1. The Hall–Kier alpha value is -1.43. The largest absolute Gasteiger partial charge is 0.480 e. The molecule has 0 spiro atoms. The van der Waals surface area contributed by atoms with Crippen LogP contribution in [0.2, 0.25) is 0 Å². The summed E-state index contributed by atoms with van der Waals surface area (Å²) in [6.07, 6.45) is 0.125. The highest BCUT2D eigenvalue weighted by Gasteiger charge is 2.35. The van der Waals surface area contributed by atoms with Crippen molar-refractivity contribution in [1.82, 2.24) is 9.88 Å². The second kappa shape index (κ2) is 5.52. The van der Waals surface area contributed by atoms with Gasteiger partial charge in [0.25, 0.3) is 0 Å². The number of likely N-dealkylation sites (N-methyl/N-ethyl adjacent to an activating group) is 1. The maximum absolute atomic E-state index is 12.1. The molecule has 0 aliphatic rings. The Morgan fingerprint density at radius 2 is 1.85 bits per heavy atom. The van der Waals surface area contributed by atoms with Crippen LogP contribution in [0.1, 0.15) is 45.3 Å². The van der Waals surface area contributed by atoms with Crippen LogP contribution in [-0.4, -0.2) is 39.5 Å². The third-order valence-electron chi connectivity index (χ3n) is 3.26. The van der Waals surface area contributed by atoms with E-state index in [-0.39, 0.29) is 17.7 Å². The van der Waals surface area contributed by atoms with Crippen LogP contribution in [-0.2, 0) is 21.4 Å². The van der Waals surface area contributed by atoms with E-state index in [2.05, 4.69) is 25.8 Å². The first-order valence-electron chi connectivity index (χ1n) is 6.41. The second-order valence-electron chi connectivity index (χ2n) is 6.39. The van der Waals surface area contributed by atoms with Gasteiger partial charge in [-0.2, -0.15) is 0 Å². The fraction of sp³-hybridized carbons (Fsp3) is 0.643. The van der Waals surface area contributed by atoms with Gasteiger partial charge in [0.05, 0.1) is 17.1 Å². The number of carboxylic acids is 1. The lowest BCUT2D eigenvalue weighted by atomic mass is 9.98. The molecule has 0 saturated carbocycles. The predicted octanol–water partition coefficient (Wildman–Crippen LogP) is 2.30. The summed E-state index contributed by atoms with van der Waals surface area (Å²) in [7, 11) is 1.51. The summed E-state index contributed by atoms with van der Waals surface area (Å²) in [5, 5.41) is 12.0. The van der Waals surface area contributed by atoms with Crippen molar-refractivity contribution in [3.8, 4) is 0 Å². The Kier molecular flexibility index (Phi) is 4.59. The number of aliphatic carboxylic acids is 1. The molecule has 0 radical (unpaired) electrons. The fourth-order valence-electron chi connectivity index (χ4n) is 1.46. The summed E-state index contributed by atoms with van der Waals surface area (Å²) in [5.74, 6) is -1.27. The number of amides is 1. The molecule has 0 aliphatic carbocycles. The van der Waals surface area contributed by atoms with Gasteiger partial charge in [-0.05, 0) is 13.8 Å². The zero-order valence-corrected chi connectivity index (χ0v) is 13.7. The van der Waals surface area contributed by atoms with Gasteiger partial charge in [0.2, 0.25) is 5.91 Å². The van der Waals surface area contributed by atoms with Crippen LogP contribution in [0.5, 0.6) is 0 Å². The van der Waals surface area contributed by atoms with Gasteiger partial charge >= 0.3 is 5.97 Å². The minimum Gasteiger partial charge on any atom is -0.480 e. The van der Waals surface area contributed by atoms with E-state index in [0.29, 0.717) is 5.69 Å². The molecule has 1 aromatic heterocycles. The molecule has 0 atom stereocenters. The average molecular weight is 298 g/mol. The van der Waals surface area contributed by atoms with E-state index in [1.54, 1.807) is 0 Å². The number of thiazole rings is 1. The van der Waals surface area contributed by atoms with E-state index in [0.717, 1.165) is 5.01 Å². The van der Waals surface area contributed by atoms with Crippen LogP contribution in [0.3, 0.4) is 0 Å². The Morgan fingerprint density at radius 1 is 1.30 bits per heavy atom. The van der Waals surface area contributed by atoms with Crippen LogP contribution in [0.15, 0.2) is 5.38 Å². The van der Waals surface area contributed by atoms with Gasteiger partial charge in [0.15, 0.2) is 0 Å². The lowest BCUT2D eigenvalue weighted by molar-refractivity contribution is -0.155. The molecule has 6 heteroatoms. The summed E-state index contributed by atoms with van der Waals surface area (Å²) in [5.41, 5.74) is -0.573. The van der Waals surface area contributed by atoms with Gasteiger partial charge in [-0.15, -0.1) is 11.3 Å². The number of hydrogen-bond acceptors (Lipinski definition) is 4. The molecule has 1 aromatic rings. The van der Waals surface area contributed by atoms with E-state index in [4.69, 9.17) is 5.11 Å². The number of nitrogens with zero attached hydrogens (tertiary/aromatic N) is 2. The van der Waals surface area contributed by atoms with Crippen LogP contribution in [0, 0.1) is 0 Å².